The maximum absolute atomic E-state index is 9.17. The van der Waals surface area contributed by atoms with E-state index in [-0.39, 0.29) is 5.75 Å². The minimum Gasteiger partial charge on any atom is -0.508 e. The Hall–Kier alpha value is -0.930. The van der Waals surface area contributed by atoms with E-state index in [1.165, 1.54) is 4.42 Å². The van der Waals surface area contributed by atoms with Crippen LogP contribution in [0.4, 0.5) is 0 Å². The minimum atomic E-state index is 0.254. The van der Waals surface area contributed by atoms with Crippen LogP contribution < -0.4 is 4.74 Å². The standard InChI is InChI=1S/C10H14ClNO2/c1-8-7-9(13)3-4-10(8)14-6-5-12(2)11/h3-4,7,13H,5-6H2,1-2H3. The van der Waals surface area contributed by atoms with E-state index in [1.807, 2.05) is 6.92 Å². The molecule has 1 aromatic rings. The Morgan fingerprint density at radius 3 is 2.79 bits per heavy atom. The van der Waals surface area contributed by atoms with Gasteiger partial charge in [-0.2, -0.15) is 0 Å². The van der Waals surface area contributed by atoms with Crippen molar-refractivity contribution < 1.29 is 9.84 Å². The zero-order valence-electron chi connectivity index (χ0n) is 8.33. The maximum Gasteiger partial charge on any atom is 0.122 e. The summed E-state index contributed by atoms with van der Waals surface area (Å²) in [6.07, 6.45) is 0. The number of phenolic OH excluding ortho intramolecular Hbond substituents is 1. The summed E-state index contributed by atoms with van der Waals surface area (Å²) in [6, 6.07) is 5.02. The Morgan fingerprint density at radius 1 is 1.50 bits per heavy atom. The number of benzene rings is 1. The fourth-order valence-electron chi connectivity index (χ4n) is 1.08. The third kappa shape index (κ3) is 3.44. The summed E-state index contributed by atoms with van der Waals surface area (Å²) in [5.74, 6) is 1.03. The van der Waals surface area contributed by atoms with Gasteiger partial charge < -0.3 is 9.84 Å². The molecule has 1 aromatic carbocycles. The fraction of sp³-hybridized carbons (Fsp3) is 0.400. The summed E-state index contributed by atoms with van der Waals surface area (Å²) in [7, 11) is 1.77. The smallest absolute Gasteiger partial charge is 0.122 e. The van der Waals surface area contributed by atoms with Gasteiger partial charge in [-0.3, -0.25) is 0 Å². The third-order valence-electron chi connectivity index (χ3n) is 1.82. The summed E-state index contributed by atoms with van der Waals surface area (Å²) < 4.78 is 7.00. The topological polar surface area (TPSA) is 32.7 Å². The van der Waals surface area contributed by atoms with Crippen LogP contribution >= 0.6 is 11.8 Å². The van der Waals surface area contributed by atoms with Crippen LogP contribution in [0.2, 0.25) is 0 Å². The molecule has 0 aliphatic rings. The Labute approximate surface area is 89.0 Å². The normalized spacial score (nSPS) is 10.6. The number of nitrogens with zero attached hydrogens (tertiary/aromatic N) is 1. The molecule has 0 amide bonds. The molecule has 0 aliphatic carbocycles. The van der Waals surface area contributed by atoms with Crippen molar-refractivity contribution in [3.63, 3.8) is 0 Å². The van der Waals surface area contributed by atoms with Crippen LogP contribution in [0, 0.1) is 6.92 Å². The Balaban J connectivity index is 2.51. The lowest BCUT2D eigenvalue weighted by atomic mass is 10.2. The van der Waals surface area contributed by atoms with E-state index < -0.39 is 0 Å². The van der Waals surface area contributed by atoms with E-state index in [4.69, 9.17) is 21.6 Å². The van der Waals surface area contributed by atoms with Crippen LogP contribution in [-0.2, 0) is 0 Å². The van der Waals surface area contributed by atoms with Gasteiger partial charge >= 0.3 is 0 Å². The van der Waals surface area contributed by atoms with Gasteiger partial charge in [0.2, 0.25) is 0 Å². The van der Waals surface area contributed by atoms with Crippen molar-refractivity contribution in [3.8, 4) is 11.5 Å². The van der Waals surface area contributed by atoms with Crippen molar-refractivity contribution in [1.29, 1.82) is 0 Å². The van der Waals surface area contributed by atoms with Gasteiger partial charge in [0.25, 0.3) is 0 Å². The number of aromatic hydroxyl groups is 1. The molecule has 0 fully saturated rings. The van der Waals surface area contributed by atoms with Crippen molar-refractivity contribution in [2.24, 2.45) is 0 Å². The zero-order chi connectivity index (χ0) is 10.6. The summed E-state index contributed by atoms with van der Waals surface area (Å²) in [6.45, 7) is 3.08. The number of halogens is 1. The number of likely N-dealkylation sites (N-methyl/N-ethyl adjacent to an activating group) is 1. The highest BCUT2D eigenvalue weighted by Gasteiger charge is 2.00. The molecule has 0 atom stereocenters. The summed E-state index contributed by atoms with van der Waals surface area (Å²) in [5, 5.41) is 9.17. The number of phenols is 1. The second-order valence-electron chi connectivity index (χ2n) is 3.13. The van der Waals surface area contributed by atoms with Crippen LogP contribution in [0.25, 0.3) is 0 Å². The summed E-state index contributed by atoms with van der Waals surface area (Å²) in [5.41, 5.74) is 0.919. The van der Waals surface area contributed by atoms with E-state index in [0.717, 1.165) is 11.3 Å². The van der Waals surface area contributed by atoms with Crippen molar-refractivity contribution in [1.82, 2.24) is 4.42 Å². The van der Waals surface area contributed by atoms with Crippen molar-refractivity contribution in [2.75, 3.05) is 20.2 Å². The molecule has 0 radical (unpaired) electrons. The largest absolute Gasteiger partial charge is 0.508 e. The number of aryl methyl sites for hydroxylation is 1. The first-order valence-corrected chi connectivity index (χ1v) is 4.72. The third-order valence-corrected chi connectivity index (χ3v) is 1.98. The van der Waals surface area contributed by atoms with Crippen LogP contribution in [0.3, 0.4) is 0 Å². The molecule has 4 heteroatoms. The van der Waals surface area contributed by atoms with E-state index in [2.05, 4.69) is 0 Å². The highest BCUT2D eigenvalue weighted by molar-refractivity contribution is 6.13. The van der Waals surface area contributed by atoms with Crippen molar-refractivity contribution in [2.45, 2.75) is 6.92 Å². The van der Waals surface area contributed by atoms with Gasteiger partial charge in [-0.05, 0) is 42.5 Å². The molecule has 0 unspecified atom stereocenters. The number of hydrogen-bond donors (Lipinski definition) is 1. The van der Waals surface area contributed by atoms with Gasteiger partial charge in [0, 0.05) is 13.6 Å². The van der Waals surface area contributed by atoms with Gasteiger partial charge in [0.05, 0.1) is 0 Å². The predicted octanol–water partition coefficient (Wildman–Crippen LogP) is 2.17. The van der Waals surface area contributed by atoms with Gasteiger partial charge in [-0.1, -0.05) is 0 Å². The molecule has 1 N–H and O–H groups in total. The average molecular weight is 216 g/mol. The van der Waals surface area contributed by atoms with E-state index in [9.17, 15) is 0 Å². The zero-order valence-corrected chi connectivity index (χ0v) is 9.08. The SMILES string of the molecule is Cc1cc(O)ccc1OCCN(C)Cl. The number of hydrogen-bond acceptors (Lipinski definition) is 3. The predicted molar refractivity (Wildman–Crippen MR) is 56.8 cm³/mol. The van der Waals surface area contributed by atoms with Crippen LogP contribution in [0.15, 0.2) is 18.2 Å². The molecule has 0 heterocycles. The van der Waals surface area contributed by atoms with Gasteiger partial charge in [-0.15, -0.1) is 0 Å². The van der Waals surface area contributed by atoms with Crippen molar-refractivity contribution in [3.05, 3.63) is 23.8 Å². The molecule has 0 aromatic heterocycles. The monoisotopic (exact) mass is 215 g/mol. The Bertz CT molecular complexity index is 302. The second-order valence-corrected chi connectivity index (χ2v) is 3.70. The first-order chi connectivity index (χ1) is 6.59. The summed E-state index contributed by atoms with van der Waals surface area (Å²) >= 11 is 5.62. The number of rotatable bonds is 4. The van der Waals surface area contributed by atoms with Crippen LogP contribution in [0.1, 0.15) is 5.56 Å². The molecule has 0 aliphatic heterocycles. The van der Waals surface area contributed by atoms with Gasteiger partial charge in [0.1, 0.15) is 18.1 Å². The lowest BCUT2D eigenvalue weighted by molar-refractivity contribution is 0.289. The lowest BCUT2D eigenvalue weighted by Gasteiger charge is -2.11. The average Bonchev–Trinajstić information content (AvgIpc) is 2.08. The molecule has 3 nitrogen and oxygen atoms in total. The molecular formula is C10H14ClNO2. The minimum absolute atomic E-state index is 0.254. The van der Waals surface area contributed by atoms with Gasteiger partial charge in [-0.25, -0.2) is 4.42 Å². The van der Waals surface area contributed by atoms with Crippen LogP contribution in [0.5, 0.6) is 11.5 Å². The first-order valence-electron chi connectivity index (χ1n) is 4.39. The lowest BCUT2D eigenvalue weighted by Crippen LogP contribution is -2.15. The van der Waals surface area contributed by atoms with E-state index in [1.54, 1.807) is 25.2 Å². The second kappa shape index (κ2) is 5.08. The highest BCUT2D eigenvalue weighted by Crippen LogP contribution is 2.22. The van der Waals surface area contributed by atoms with E-state index in [0.29, 0.717) is 13.2 Å². The molecule has 0 saturated heterocycles. The first kappa shape index (κ1) is 11.1. The van der Waals surface area contributed by atoms with Crippen LogP contribution in [-0.4, -0.2) is 29.7 Å². The molecule has 14 heavy (non-hydrogen) atoms. The quantitative estimate of drug-likeness (QED) is 0.782. The molecule has 0 spiro atoms. The Kier molecular flexibility index (Phi) is 4.04. The molecular weight excluding hydrogens is 202 g/mol. The molecule has 1 rings (SSSR count). The molecule has 0 saturated carbocycles. The van der Waals surface area contributed by atoms with Gasteiger partial charge in [0.15, 0.2) is 0 Å². The highest BCUT2D eigenvalue weighted by atomic mass is 35.5. The Morgan fingerprint density at radius 2 is 2.21 bits per heavy atom. The fourth-order valence-corrected chi connectivity index (χ4v) is 1.15. The van der Waals surface area contributed by atoms with E-state index >= 15 is 0 Å². The summed E-state index contributed by atoms with van der Waals surface area (Å²) in [4.78, 5) is 0. The van der Waals surface area contributed by atoms with Crippen molar-refractivity contribution >= 4 is 11.8 Å². The molecule has 0 bridgehead atoms. The molecule has 78 valence electrons. The number of ether oxygens (including phenoxy) is 1. The maximum atomic E-state index is 9.17.